The van der Waals surface area contributed by atoms with Crippen molar-refractivity contribution in [1.82, 2.24) is 10.2 Å². The Morgan fingerprint density at radius 2 is 2.05 bits per heavy atom. The number of carboxylic acid groups (broad SMARTS) is 1. The van der Waals surface area contributed by atoms with Crippen LogP contribution in [-0.4, -0.2) is 41.6 Å². The summed E-state index contributed by atoms with van der Waals surface area (Å²) >= 11 is 0. The zero-order valence-corrected chi connectivity index (χ0v) is 11.4. The second-order valence-corrected chi connectivity index (χ2v) is 5.13. The molecular weight excluding hydrogens is 244 g/mol. The standard InChI is InChI=1S/C14H22N2O3/c1-3-7-12(13(17)18)15-14(19)16(2)10-11-8-5-4-6-9-11/h1,11-12H,4-10H2,2H3,(H,15,19)(H,17,18). The minimum absolute atomic E-state index is 0.00164. The van der Waals surface area contributed by atoms with Crippen molar-refractivity contribution in [2.45, 2.75) is 44.6 Å². The second-order valence-electron chi connectivity index (χ2n) is 5.13. The van der Waals surface area contributed by atoms with Crippen LogP contribution in [0.3, 0.4) is 0 Å². The molecule has 5 nitrogen and oxygen atoms in total. The van der Waals surface area contributed by atoms with Crippen molar-refractivity contribution in [1.29, 1.82) is 0 Å². The van der Waals surface area contributed by atoms with Gasteiger partial charge in [0.25, 0.3) is 0 Å². The zero-order valence-electron chi connectivity index (χ0n) is 11.4. The first kappa shape index (κ1) is 15.4. The molecular formula is C14H22N2O3. The summed E-state index contributed by atoms with van der Waals surface area (Å²) in [6.07, 6.45) is 11.1. The van der Waals surface area contributed by atoms with Crippen LogP contribution in [0.15, 0.2) is 0 Å². The highest BCUT2D eigenvalue weighted by Crippen LogP contribution is 2.24. The maximum atomic E-state index is 11.9. The molecule has 0 heterocycles. The maximum absolute atomic E-state index is 11.9. The molecule has 2 amide bonds. The van der Waals surface area contributed by atoms with E-state index in [1.54, 1.807) is 11.9 Å². The van der Waals surface area contributed by atoms with Gasteiger partial charge in [0.15, 0.2) is 0 Å². The molecule has 1 unspecified atom stereocenters. The number of hydrogen-bond donors (Lipinski definition) is 2. The predicted molar refractivity (Wildman–Crippen MR) is 72.6 cm³/mol. The van der Waals surface area contributed by atoms with E-state index in [1.807, 2.05) is 0 Å². The molecule has 0 aliphatic heterocycles. The van der Waals surface area contributed by atoms with Crippen molar-refractivity contribution in [3.63, 3.8) is 0 Å². The fraction of sp³-hybridized carbons (Fsp3) is 0.714. The Labute approximate surface area is 114 Å². The number of hydrogen-bond acceptors (Lipinski definition) is 2. The van der Waals surface area contributed by atoms with Gasteiger partial charge in [-0.1, -0.05) is 19.3 Å². The molecule has 0 aromatic heterocycles. The van der Waals surface area contributed by atoms with Gasteiger partial charge in [-0.15, -0.1) is 12.3 Å². The van der Waals surface area contributed by atoms with Crippen LogP contribution in [0.25, 0.3) is 0 Å². The van der Waals surface area contributed by atoms with Crippen LogP contribution in [0.4, 0.5) is 4.79 Å². The molecule has 1 aliphatic carbocycles. The molecule has 106 valence electrons. The maximum Gasteiger partial charge on any atom is 0.327 e. The molecule has 0 spiro atoms. The van der Waals surface area contributed by atoms with Gasteiger partial charge in [-0.3, -0.25) is 0 Å². The Balaban J connectivity index is 2.42. The molecule has 2 N–H and O–H groups in total. The van der Waals surface area contributed by atoms with E-state index in [0.29, 0.717) is 12.5 Å². The number of aliphatic carboxylic acids is 1. The van der Waals surface area contributed by atoms with Crippen molar-refractivity contribution < 1.29 is 14.7 Å². The summed E-state index contributed by atoms with van der Waals surface area (Å²) in [6, 6.07) is -1.38. The monoisotopic (exact) mass is 266 g/mol. The van der Waals surface area contributed by atoms with Crippen LogP contribution >= 0.6 is 0 Å². The number of nitrogens with zero attached hydrogens (tertiary/aromatic N) is 1. The first-order chi connectivity index (χ1) is 9.04. The summed E-state index contributed by atoms with van der Waals surface area (Å²) in [6.45, 7) is 0.675. The fourth-order valence-corrected chi connectivity index (χ4v) is 2.42. The number of carboxylic acids is 1. The Bertz CT molecular complexity index is 356. The van der Waals surface area contributed by atoms with Gasteiger partial charge in [0.05, 0.1) is 0 Å². The van der Waals surface area contributed by atoms with E-state index in [2.05, 4.69) is 11.2 Å². The molecule has 0 radical (unpaired) electrons. The lowest BCUT2D eigenvalue weighted by Crippen LogP contribution is -2.47. The summed E-state index contributed by atoms with van der Waals surface area (Å²) in [5, 5.41) is 11.4. The van der Waals surface area contributed by atoms with Crippen LogP contribution in [0.5, 0.6) is 0 Å². The van der Waals surface area contributed by atoms with Gasteiger partial charge >= 0.3 is 12.0 Å². The largest absolute Gasteiger partial charge is 0.480 e. The number of urea groups is 1. The van der Waals surface area contributed by atoms with Crippen LogP contribution in [0, 0.1) is 18.3 Å². The molecule has 1 saturated carbocycles. The van der Waals surface area contributed by atoms with Gasteiger partial charge in [0.2, 0.25) is 0 Å². The van der Waals surface area contributed by atoms with Crippen LogP contribution in [0.1, 0.15) is 38.5 Å². The Hall–Kier alpha value is -1.70. The highest BCUT2D eigenvalue weighted by Gasteiger charge is 2.23. The van der Waals surface area contributed by atoms with E-state index < -0.39 is 12.0 Å². The lowest BCUT2D eigenvalue weighted by Gasteiger charge is -2.27. The summed E-state index contributed by atoms with van der Waals surface area (Å²) in [7, 11) is 1.69. The van der Waals surface area contributed by atoms with Gasteiger partial charge < -0.3 is 15.3 Å². The minimum atomic E-state index is -1.10. The molecule has 0 saturated heterocycles. The summed E-state index contributed by atoms with van der Waals surface area (Å²) < 4.78 is 0. The number of amides is 2. The molecule has 1 fully saturated rings. The lowest BCUT2D eigenvalue weighted by atomic mass is 9.89. The molecule has 0 bridgehead atoms. The van der Waals surface area contributed by atoms with Crippen molar-refractivity contribution >= 4 is 12.0 Å². The zero-order chi connectivity index (χ0) is 14.3. The fourth-order valence-electron chi connectivity index (χ4n) is 2.42. The number of terminal acetylenes is 1. The Morgan fingerprint density at radius 3 is 2.58 bits per heavy atom. The summed E-state index contributed by atoms with van der Waals surface area (Å²) in [5.41, 5.74) is 0. The third-order valence-corrected chi connectivity index (χ3v) is 3.52. The van der Waals surface area contributed by atoms with E-state index in [9.17, 15) is 9.59 Å². The van der Waals surface area contributed by atoms with Gasteiger partial charge in [0.1, 0.15) is 6.04 Å². The summed E-state index contributed by atoms with van der Waals surface area (Å²) in [4.78, 5) is 24.4. The minimum Gasteiger partial charge on any atom is -0.480 e. The number of carbonyl (C=O) groups excluding carboxylic acids is 1. The molecule has 5 heteroatoms. The third-order valence-electron chi connectivity index (χ3n) is 3.52. The first-order valence-corrected chi connectivity index (χ1v) is 6.72. The van der Waals surface area contributed by atoms with Gasteiger partial charge in [-0.05, 0) is 18.8 Å². The van der Waals surface area contributed by atoms with Crippen LogP contribution < -0.4 is 5.32 Å². The predicted octanol–water partition coefficient (Wildman–Crippen LogP) is 1.68. The Morgan fingerprint density at radius 1 is 1.42 bits per heavy atom. The molecule has 1 atom stereocenters. The molecule has 1 rings (SSSR count). The second kappa shape index (κ2) is 7.67. The van der Waals surface area contributed by atoms with Crippen molar-refractivity contribution in [3.8, 4) is 12.3 Å². The molecule has 19 heavy (non-hydrogen) atoms. The highest BCUT2D eigenvalue weighted by molar-refractivity contribution is 5.82. The van der Waals surface area contributed by atoms with E-state index >= 15 is 0 Å². The van der Waals surface area contributed by atoms with E-state index in [1.165, 1.54) is 19.3 Å². The average Bonchev–Trinajstić information content (AvgIpc) is 2.39. The quantitative estimate of drug-likeness (QED) is 0.744. The van der Waals surface area contributed by atoms with Gasteiger partial charge in [0, 0.05) is 20.0 Å². The molecule has 0 aromatic rings. The molecule has 1 aliphatic rings. The van der Waals surface area contributed by atoms with Crippen LogP contribution in [-0.2, 0) is 4.79 Å². The SMILES string of the molecule is C#CCC(NC(=O)N(C)CC1CCCCC1)C(=O)O. The first-order valence-electron chi connectivity index (χ1n) is 6.72. The third kappa shape index (κ3) is 5.21. The topological polar surface area (TPSA) is 69.6 Å². The van der Waals surface area contributed by atoms with Crippen LogP contribution in [0.2, 0.25) is 0 Å². The van der Waals surface area contributed by atoms with Crippen molar-refractivity contribution in [2.75, 3.05) is 13.6 Å². The number of rotatable bonds is 5. The normalized spacial score (nSPS) is 17.3. The number of carbonyl (C=O) groups is 2. The van der Waals surface area contributed by atoms with Crippen molar-refractivity contribution in [3.05, 3.63) is 0 Å². The smallest absolute Gasteiger partial charge is 0.327 e. The average molecular weight is 266 g/mol. The van der Waals surface area contributed by atoms with Gasteiger partial charge in [-0.25, -0.2) is 9.59 Å². The highest BCUT2D eigenvalue weighted by atomic mass is 16.4. The van der Waals surface area contributed by atoms with Crippen molar-refractivity contribution in [2.24, 2.45) is 5.92 Å². The summed E-state index contributed by atoms with van der Waals surface area (Å²) in [5.74, 6) is 1.69. The molecule has 0 aromatic carbocycles. The van der Waals surface area contributed by atoms with E-state index in [4.69, 9.17) is 11.5 Å². The lowest BCUT2D eigenvalue weighted by molar-refractivity contribution is -0.139. The van der Waals surface area contributed by atoms with E-state index in [0.717, 1.165) is 12.8 Å². The van der Waals surface area contributed by atoms with Gasteiger partial charge in [-0.2, -0.15) is 0 Å². The Kier molecular flexibility index (Phi) is 6.20. The number of nitrogens with one attached hydrogen (secondary N) is 1. The van der Waals surface area contributed by atoms with E-state index in [-0.39, 0.29) is 12.5 Å².